The molecule has 1 saturated heterocycles. The highest BCUT2D eigenvalue weighted by atomic mass is 32.1. The van der Waals surface area contributed by atoms with Gasteiger partial charge in [0.25, 0.3) is 5.91 Å². The first-order valence-corrected chi connectivity index (χ1v) is 19.1. The van der Waals surface area contributed by atoms with Crippen molar-refractivity contribution < 1.29 is 29.0 Å². The van der Waals surface area contributed by atoms with Crippen LogP contribution in [0.2, 0.25) is 0 Å². The van der Waals surface area contributed by atoms with Crippen LogP contribution in [0.4, 0.5) is 0 Å². The molecule has 2 aromatic rings. The largest absolute Gasteiger partial charge is 0.481 e. The van der Waals surface area contributed by atoms with Gasteiger partial charge in [-0.3, -0.25) is 24.1 Å². The smallest absolute Gasteiger partial charge is 0.306 e. The molecule has 11 heteroatoms. The van der Waals surface area contributed by atoms with Crippen molar-refractivity contribution >= 4 is 34.9 Å². The Morgan fingerprint density at radius 1 is 1.10 bits per heavy atom. The summed E-state index contributed by atoms with van der Waals surface area (Å²) in [6, 6.07) is 7.29. The second-order valence-electron chi connectivity index (χ2n) is 14.8. The fraction of sp³-hybridized carbons (Fsp3) is 0.667. The number of benzene rings is 1. The van der Waals surface area contributed by atoms with E-state index in [1.807, 2.05) is 50.2 Å². The van der Waals surface area contributed by atoms with E-state index < -0.39 is 30.0 Å². The average molecular weight is 713 g/mol. The zero-order valence-corrected chi connectivity index (χ0v) is 32.4. The van der Waals surface area contributed by atoms with E-state index in [1.54, 1.807) is 19.4 Å². The summed E-state index contributed by atoms with van der Waals surface area (Å²) in [6.07, 6.45) is 4.82. The fourth-order valence-corrected chi connectivity index (χ4v) is 7.89. The van der Waals surface area contributed by atoms with Crippen molar-refractivity contribution in [2.24, 2.45) is 23.7 Å². The fourth-order valence-electron chi connectivity index (χ4n) is 7.00. The molecule has 3 rings (SSSR count). The predicted octanol–water partition coefficient (Wildman–Crippen LogP) is 6.57. The molecule has 1 aliphatic rings. The van der Waals surface area contributed by atoms with E-state index in [2.05, 4.69) is 42.9 Å². The second kappa shape index (κ2) is 19.5. The first-order valence-electron chi connectivity index (χ1n) is 18.2. The van der Waals surface area contributed by atoms with Crippen molar-refractivity contribution in [1.29, 1.82) is 0 Å². The molecule has 2 N–H and O–H groups in total. The normalized spacial score (nSPS) is 18.9. The van der Waals surface area contributed by atoms with Crippen LogP contribution in [0.15, 0.2) is 29.6 Å². The Morgan fingerprint density at radius 2 is 1.78 bits per heavy atom. The van der Waals surface area contributed by atoms with Crippen LogP contribution in [0.25, 0.3) is 0 Å². The summed E-state index contributed by atoms with van der Waals surface area (Å²) >= 11 is 1.33. The molecule has 2 amide bonds. The van der Waals surface area contributed by atoms with Crippen LogP contribution in [0.1, 0.15) is 112 Å². The molecule has 0 radical (unpaired) electrons. The number of carboxylic acid groups (broad SMARTS) is 1. The molecule has 0 bridgehead atoms. The summed E-state index contributed by atoms with van der Waals surface area (Å²) in [5.74, 6) is -2.02. The number of ketones is 1. The maximum absolute atomic E-state index is 14.2. The van der Waals surface area contributed by atoms with Gasteiger partial charge in [0.2, 0.25) is 5.91 Å². The molecule has 10 nitrogen and oxygen atoms in total. The summed E-state index contributed by atoms with van der Waals surface area (Å²) in [4.78, 5) is 61.4. The number of carboxylic acids is 1. The van der Waals surface area contributed by atoms with E-state index in [1.165, 1.54) is 11.3 Å². The number of thiazole rings is 1. The van der Waals surface area contributed by atoms with Crippen LogP contribution in [-0.2, 0) is 25.5 Å². The van der Waals surface area contributed by atoms with Crippen molar-refractivity contribution in [3.63, 3.8) is 0 Å². The monoisotopic (exact) mass is 712 g/mol. The van der Waals surface area contributed by atoms with Gasteiger partial charge in [0, 0.05) is 50.4 Å². The molecular weight excluding hydrogens is 653 g/mol. The van der Waals surface area contributed by atoms with E-state index in [0.717, 1.165) is 43.4 Å². The van der Waals surface area contributed by atoms with Gasteiger partial charge in [-0.1, -0.05) is 77.3 Å². The number of rotatable bonds is 19. The summed E-state index contributed by atoms with van der Waals surface area (Å²) in [7, 11) is 5.45. The van der Waals surface area contributed by atoms with Gasteiger partial charge in [-0.2, -0.15) is 0 Å². The van der Waals surface area contributed by atoms with E-state index in [4.69, 9.17) is 4.74 Å². The first kappa shape index (κ1) is 41.3. The maximum Gasteiger partial charge on any atom is 0.306 e. The summed E-state index contributed by atoms with van der Waals surface area (Å²) in [5.41, 5.74) is 2.38. The summed E-state index contributed by atoms with van der Waals surface area (Å²) in [6.45, 7) is 12.8. The SMILES string of the molecule is CC[C@H](C)[C@H](CC(=O)[C@H]1CCCCN1C)C(=O)N(C)[C@H](C[C@@H](OC)c1nc(C(=O)N[C@@H](Cc2ccc(C)cc2)CC(C)C(=O)O)cs1)C(C)C. The molecule has 2 heterocycles. The Bertz CT molecular complexity index is 1410. The molecule has 1 aliphatic heterocycles. The number of piperidine rings is 1. The lowest BCUT2D eigenvalue weighted by molar-refractivity contribution is -0.143. The Balaban J connectivity index is 1.75. The van der Waals surface area contributed by atoms with Gasteiger partial charge >= 0.3 is 5.97 Å². The van der Waals surface area contributed by atoms with Crippen molar-refractivity contribution in [2.75, 3.05) is 27.7 Å². The molecule has 0 saturated carbocycles. The number of aliphatic carboxylic acids is 1. The highest BCUT2D eigenvalue weighted by Gasteiger charge is 2.37. The number of Topliss-reactive ketones (excluding diaryl/α,β-unsaturated/α-hetero) is 1. The minimum Gasteiger partial charge on any atom is -0.481 e. The van der Waals surface area contributed by atoms with Crippen molar-refractivity contribution in [1.82, 2.24) is 20.1 Å². The highest BCUT2D eigenvalue weighted by molar-refractivity contribution is 7.09. The molecule has 1 aromatic heterocycles. The minimum atomic E-state index is -0.908. The van der Waals surface area contributed by atoms with E-state index >= 15 is 0 Å². The van der Waals surface area contributed by atoms with Gasteiger partial charge in [0.15, 0.2) is 5.78 Å². The third kappa shape index (κ3) is 11.4. The quantitative estimate of drug-likeness (QED) is 0.167. The lowest BCUT2D eigenvalue weighted by Crippen LogP contribution is -2.48. The Hall–Kier alpha value is -3.15. The summed E-state index contributed by atoms with van der Waals surface area (Å²) < 4.78 is 5.93. The number of hydrogen-bond donors (Lipinski definition) is 2. The van der Waals surface area contributed by atoms with Crippen LogP contribution in [0, 0.1) is 30.6 Å². The van der Waals surface area contributed by atoms with Gasteiger partial charge in [0.1, 0.15) is 16.8 Å². The molecule has 1 unspecified atom stereocenters. The zero-order valence-electron chi connectivity index (χ0n) is 31.6. The third-order valence-corrected chi connectivity index (χ3v) is 11.5. The highest BCUT2D eigenvalue weighted by Crippen LogP contribution is 2.32. The number of aromatic nitrogens is 1. The Kier molecular flexibility index (Phi) is 16.1. The molecule has 0 aliphatic carbocycles. The standard InChI is InChI=1S/C39H60N4O6S/c1-10-26(5)30(21-34(44)32-13-11-12-18-42(32)7)38(46)43(8)33(24(2)3)22-35(49-9)37-41-31(23-50-37)36(45)40-29(19-27(6)39(47)48)20-28-16-14-25(4)15-17-28/h14-17,23-24,26-27,29-30,32-33,35H,10-13,18-22H2,1-9H3,(H,40,45)(H,47,48)/t26-,27?,29+,30-,32+,33+,35+/m0/s1. The number of ether oxygens (including phenoxy) is 1. The molecule has 1 aromatic carbocycles. The van der Waals surface area contributed by atoms with Gasteiger partial charge in [-0.25, -0.2) is 4.98 Å². The Labute approximate surface area is 303 Å². The number of carbonyl (C=O) groups is 4. The zero-order chi connectivity index (χ0) is 37.1. The number of likely N-dealkylation sites (N-methyl/N-ethyl adjacent to an activating group) is 1. The number of aryl methyl sites for hydroxylation is 1. The number of likely N-dealkylation sites (tertiary alicyclic amines) is 1. The first-order chi connectivity index (χ1) is 23.7. The van der Waals surface area contributed by atoms with Gasteiger partial charge < -0.3 is 20.1 Å². The number of nitrogens with zero attached hydrogens (tertiary/aromatic N) is 3. The predicted molar refractivity (Wildman–Crippen MR) is 198 cm³/mol. The van der Waals surface area contributed by atoms with E-state index in [9.17, 15) is 24.3 Å². The number of hydrogen-bond acceptors (Lipinski definition) is 8. The molecule has 7 atom stereocenters. The van der Waals surface area contributed by atoms with Crippen molar-refractivity contribution in [3.05, 3.63) is 51.5 Å². The molecule has 278 valence electrons. The second-order valence-corrected chi connectivity index (χ2v) is 15.7. The van der Waals surface area contributed by atoms with Crippen molar-refractivity contribution in [3.8, 4) is 0 Å². The molecule has 1 fully saturated rings. The van der Waals surface area contributed by atoms with E-state index in [-0.39, 0.29) is 60.1 Å². The number of amides is 2. The number of carbonyl (C=O) groups excluding carboxylic acids is 3. The van der Waals surface area contributed by atoms with Gasteiger partial charge in [-0.15, -0.1) is 11.3 Å². The number of methoxy groups -OCH3 is 1. The maximum atomic E-state index is 14.2. The van der Waals surface area contributed by atoms with Gasteiger partial charge in [0.05, 0.1) is 12.0 Å². The van der Waals surface area contributed by atoms with Gasteiger partial charge in [-0.05, 0) is 63.6 Å². The summed E-state index contributed by atoms with van der Waals surface area (Å²) in [5, 5.41) is 14.9. The van der Waals surface area contributed by atoms with Crippen molar-refractivity contribution in [2.45, 2.75) is 117 Å². The third-order valence-electron chi connectivity index (χ3n) is 10.6. The average Bonchev–Trinajstić information content (AvgIpc) is 3.58. The van der Waals surface area contributed by atoms with E-state index in [0.29, 0.717) is 17.8 Å². The molecule has 50 heavy (non-hydrogen) atoms. The minimum absolute atomic E-state index is 0.0193. The van der Waals surface area contributed by atoms with Crippen LogP contribution in [-0.4, -0.2) is 89.3 Å². The lowest BCUT2D eigenvalue weighted by Gasteiger charge is -2.37. The topological polar surface area (TPSA) is 129 Å². The van der Waals surface area contributed by atoms with Crippen LogP contribution < -0.4 is 5.32 Å². The van der Waals surface area contributed by atoms with Crippen LogP contribution >= 0.6 is 11.3 Å². The van der Waals surface area contributed by atoms with Crippen LogP contribution in [0.5, 0.6) is 0 Å². The Morgan fingerprint density at radius 3 is 2.36 bits per heavy atom. The molecule has 0 spiro atoms. The van der Waals surface area contributed by atoms with Crippen LogP contribution in [0.3, 0.4) is 0 Å². The molecular formula is C39H60N4O6S. The lowest BCUT2D eigenvalue weighted by atomic mass is 9.83. The number of nitrogens with one attached hydrogen (secondary N) is 1.